The third-order valence-corrected chi connectivity index (χ3v) is 1.29. The fourth-order valence-electron chi connectivity index (χ4n) is 0.550. The van der Waals surface area contributed by atoms with Crippen molar-refractivity contribution in [3.05, 3.63) is 24.3 Å². The molecule has 0 aromatic carbocycles. The Hall–Kier alpha value is -0.560. The van der Waals surface area contributed by atoms with Crippen LogP contribution < -0.4 is 5.73 Å². The van der Waals surface area contributed by atoms with Crippen LogP contribution in [0.25, 0.3) is 0 Å². The summed E-state index contributed by atoms with van der Waals surface area (Å²) in [6.45, 7) is 13.3. The quantitative estimate of drug-likeness (QED) is 0.560. The van der Waals surface area contributed by atoms with Crippen LogP contribution in [0.1, 0.15) is 20.8 Å². The Morgan fingerprint density at radius 3 is 1.67 bits per heavy atom. The fraction of sp³-hybridized carbons (Fsp3) is 0.500. The highest BCUT2D eigenvalue weighted by Gasteiger charge is 2.14. The molecule has 0 saturated heterocycles. The van der Waals surface area contributed by atoms with Gasteiger partial charge < -0.3 is 5.73 Å². The van der Waals surface area contributed by atoms with Gasteiger partial charge >= 0.3 is 0 Å². The Kier molecular flexibility index (Phi) is 2.21. The van der Waals surface area contributed by atoms with E-state index in [1.807, 2.05) is 20.8 Å². The fourth-order valence-corrected chi connectivity index (χ4v) is 0.550. The van der Waals surface area contributed by atoms with Crippen LogP contribution in [0, 0.1) is 0 Å². The summed E-state index contributed by atoms with van der Waals surface area (Å²) in [5, 5.41) is 0. The predicted molar refractivity (Wildman–Crippen MR) is 42.2 cm³/mol. The highest BCUT2D eigenvalue weighted by molar-refractivity contribution is 5.31. The molecule has 2 N–H and O–H groups in total. The summed E-state index contributed by atoms with van der Waals surface area (Å²) in [5.41, 5.74) is 7.29. The zero-order chi connectivity index (χ0) is 7.65. The summed E-state index contributed by atoms with van der Waals surface area (Å²) in [6.07, 6.45) is 0. The molecule has 0 bridgehead atoms. The van der Waals surface area contributed by atoms with Gasteiger partial charge in [-0.25, -0.2) is 0 Å². The second-order valence-electron chi connectivity index (χ2n) is 2.98. The van der Waals surface area contributed by atoms with Crippen LogP contribution in [0.15, 0.2) is 24.3 Å². The minimum atomic E-state index is -0.314. The van der Waals surface area contributed by atoms with Crippen LogP contribution in [0.4, 0.5) is 0 Å². The van der Waals surface area contributed by atoms with E-state index in [1.54, 1.807) is 0 Å². The maximum atomic E-state index is 5.72. The summed E-state index contributed by atoms with van der Waals surface area (Å²) in [7, 11) is 0. The maximum Gasteiger partial charge on any atom is 0.0348 e. The number of rotatable bonds is 2. The summed E-state index contributed by atoms with van der Waals surface area (Å²) in [4.78, 5) is 0. The van der Waals surface area contributed by atoms with E-state index in [9.17, 15) is 0 Å². The standard InChI is InChI=1S/C8H15N/c1-6(2)7(3)8(4,5)9/h1,3,9H2,2,4-5H3. The lowest BCUT2D eigenvalue weighted by molar-refractivity contribution is 0.621. The predicted octanol–water partition coefficient (Wildman–Crippen LogP) is 1.86. The van der Waals surface area contributed by atoms with E-state index < -0.39 is 0 Å². The van der Waals surface area contributed by atoms with E-state index in [0.29, 0.717) is 0 Å². The van der Waals surface area contributed by atoms with Crippen LogP contribution >= 0.6 is 0 Å². The summed E-state index contributed by atoms with van der Waals surface area (Å²) < 4.78 is 0. The third kappa shape index (κ3) is 2.47. The molecule has 0 fully saturated rings. The van der Waals surface area contributed by atoms with Gasteiger partial charge in [-0.15, -0.1) is 0 Å². The molecule has 0 aromatic rings. The van der Waals surface area contributed by atoms with Gasteiger partial charge in [0.1, 0.15) is 0 Å². The molecular weight excluding hydrogens is 110 g/mol. The average Bonchev–Trinajstić information content (AvgIpc) is 1.62. The Labute approximate surface area is 57.3 Å². The molecule has 0 unspecified atom stereocenters. The molecule has 0 heterocycles. The Morgan fingerprint density at radius 1 is 1.33 bits per heavy atom. The normalized spacial score (nSPS) is 11.1. The lowest BCUT2D eigenvalue weighted by Gasteiger charge is -2.21. The van der Waals surface area contributed by atoms with Crippen LogP contribution in [0.2, 0.25) is 0 Å². The minimum absolute atomic E-state index is 0.314. The van der Waals surface area contributed by atoms with Gasteiger partial charge in [0, 0.05) is 5.54 Å². The minimum Gasteiger partial charge on any atom is -0.322 e. The lowest BCUT2D eigenvalue weighted by atomic mass is 9.92. The highest BCUT2D eigenvalue weighted by atomic mass is 14.7. The second kappa shape index (κ2) is 2.36. The van der Waals surface area contributed by atoms with E-state index in [4.69, 9.17) is 5.73 Å². The summed E-state index contributed by atoms with van der Waals surface area (Å²) in [5.74, 6) is 0. The van der Waals surface area contributed by atoms with E-state index in [2.05, 4.69) is 13.2 Å². The first-order valence-corrected chi connectivity index (χ1v) is 3.00. The van der Waals surface area contributed by atoms with Crippen molar-refractivity contribution in [2.45, 2.75) is 26.3 Å². The zero-order valence-electron chi connectivity index (χ0n) is 6.49. The smallest absolute Gasteiger partial charge is 0.0348 e. The van der Waals surface area contributed by atoms with Crippen LogP contribution in [0.5, 0.6) is 0 Å². The molecule has 0 aliphatic heterocycles. The molecule has 1 nitrogen and oxygen atoms in total. The summed E-state index contributed by atoms with van der Waals surface area (Å²) in [6, 6.07) is 0. The monoisotopic (exact) mass is 125 g/mol. The lowest BCUT2D eigenvalue weighted by Crippen LogP contribution is -2.34. The SMILES string of the molecule is C=C(C)C(=C)C(C)(C)N. The molecule has 0 spiro atoms. The molecule has 0 radical (unpaired) electrons. The molecular formula is C8H15N. The third-order valence-electron chi connectivity index (χ3n) is 1.29. The van der Waals surface area contributed by atoms with E-state index in [1.165, 1.54) is 0 Å². The van der Waals surface area contributed by atoms with Gasteiger partial charge in [-0.05, 0) is 26.3 Å². The molecule has 0 atom stereocenters. The number of hydrogen-bond donors (Lipinski definition) is 1. The van der Waals surface area contributed by atoms with Gasteiger partial charge in [-0.3, -0.25) is 0 Å². The Balaban J connectivity index is 4.23. The van der Waals surface area contributed by atoms with E-state index in [0.717, 1.165) is 11.1 Å². The first-order valence-electron chi connectivity index (χ1n) is 3.00. The van der Waals surface area contributed by atoms with Crippen molar-refractivity contribution >= 4 is 0 Å². The van der Waals surface area contributed by atoms with Crippen molar-refractivity contribution in [2.75, 3.05) is 0 Å². The van der Waals surface area contributed by atoms with E-state index >= 15 is 0 Å². The molecule has 9 heavy (non-hydrogen) atoms. The molecule has 0 aliphatic carbocycles. The number of nitrogens with two attached hydrogens (primary N) is 1. The topological polar surface area (TPSA) is 26.0 Å². The van der Waals surface area contributed by atoms with Gasteiger partial charge in [0.15, 0.2) is 0 Å². The van der Waals surface area contributed by atoms with Crippen molar-refractivity contribution in [3.63, 3.8) is 0 Å². The molecule has 52 valence electrons. The maximum absolute atomic E-state index is 5.72. The van der Waals surface area contributed by atoms with Crippen molar-refractivity contribution < 1.29 is 0 Å². The highest BCUT2D eigenvalue weighted by Crippen LogP contribution is 2.16. The van der Waals surface area contributed by atoms with Gasteiger partial charge in [-0.2, -0.15) is 0 Å². The van der Waals surface area contributed by atoms with Crippen molar-refractivity contribution in [2.24, 2.45) is 5.73 Å². The second-order valence-corrected chi connectivity index (χ2v) is 2.98. The van der Waals surface area contributed by atoms with Crippen molar-refractivity contribution in [1.29, 1.82) is 0 Å². The van der Waals surface area contributed by atoms with Crippen molar-refractivity contribution in [3.8, 4) is 0 Å². The molecule has 0 rings (SSSR count). The first kappa shape index (κ1) is 8.44. The zero-order valence-corrected chi connectivity index (χ0v) is 6.49. The first-order chi connectivity index (χ1) is 3.85. The van der Waals surface area contributed by atoms with Crippen molar-refractivity contribution in [1.82, 2.24) is 0 Å². The van der Waals surface area contributed by atoms with Crippen LogP contribution in [-0.2, 0) is 0 Å². The van der Waals surface area contributed by atoms with Gasteiger partial charge in [-0.1, -0.05) is 18.7 Å². The van der Waals surface area contributed by atoms with E-state index in [-0.39, 0.29) is 5.54 Å². The molecule has 0 aromatic heterocycles. The molecule has 0 amide bonds. The average molecular weight is 125 g/mol. The van der Waals surface area contributed by atoms with Gasteiger partial charge in [0.2, 0.25) is 0 Å². The Morgan fingerprint density at radius 2 is 1.67 bits per heavy atom. The van der Waals surface area contributed by atoms with Gasteiger partial charge in [0.05, 0.1) is 0 Å². The Bertz CT molecular complexity index is 137. The number of hydrogen-bond acceptors (Lipinski definition) is 1. The van der Waals surface area contributed by atoms with Gasteiger partial charge in [0.25, 0.3) is 0 Å². The molecule has 1 heteroatoms. The van der Waals surface area contributed by atoms with Crippen LogP contribution in [0.3, 0.4) is 0 Å². The molecule has 0 saturated carbocycles. The van der Waals surface area contributed by atoms with Crippen LogP contribution in [-0.4, -0.2) is 5.54 Å². The molecule has 0 aliphatic rings. The largest absolute Gasteiger partial charge is 0.322 e. The summed E-state index contributed by atoms with van der Waals surface area (Å²) >= 11 is 0.